The van der Waals surface area contributed by atoms with Crippen LogP contribution in [0.5, 0.6) is 0 Å². The first-order chi connectivity index (χ1) is 8.41. The number of hydrazone groups is 1. The Morgan fingerprint density at radius 3 is 2.72 bits per heavy atom. The third kappa shape index (κ3) is 3.52. The number of rotatable bonds is 3. The molecular formula is C9H7ClN4O4. The summed E-state index contributed by atoms with van der Waals surface area (Å²) in [6.45, 7) is 0. The largest absolute Gasteiger partial charge is 0.361 e. The molecule has 0 saturated heterocycles. The Bertz CT molecular complexity index is 543. The van der Waals surface area contributed by atoms with E-state index in [1.165, 1.54) is 18.2 Å². The Labute approximate surface area is 106 Å². The zero-order chi connectivity index (χ0) is 13.7. The summed E-state index contributed by atoms with van der Waals surface area (Å²) in [6.07, 6.45) is 1.12. The quantitative estimate of drug-likeness (QED) is 0.351. The van der Waals surface area contributed by atoms with Crippen molar-refractivity contribution < 1.29 is 14.5 Å². The minimum Gasteiger partial charge on any atom is -0.361 e. The highest BCUT2D eigenvalue weighted by molar-refractivity contribution is 6.34. The molecule has 0 aliphatic carbocycles. The average molecular weight is 271 g/mol. The second kappa shape index (κ2) is 5.73. The van der Waals surface area contributed by atoms with E-state index in [1.54, 1.807) is 0 Å². The van der Waals surface area contributed by atoms with Crippen LogP contribution in [0.1, 0.15) is 5.56 Å². The lowest BCUT2D eigenvalue weighted by Gasteiger charge is -1.97. The Balaban J connectivity index is 2.83. The highest BCUT2D eigenvalue weighted by atomic mass is 35.5. The van der Waals surface area contributed by atoms with Gasteiger partial charge in [-0.1, -0.05) is 17.7 Å². The average Bonchev–Trinajstić information content (AvgIpc) is 2.30. The molecule has 8 nitrogen and oxygen atoms in total. The Kier molecular flexibility index (Phi) is 4.33. The molecule has 3 N–H and O–H groups in total. The van der Waals surface area contributed by atoms with Crippen LogP contribution in [0, 0.1) is 10.1 Å². The van der Waals surface area contributed by atoms with Crippen LogP contribution in [0.4, 0.5) is 5.69 Å². The van der Waals surface area contributed by atoms with Gasteiger partial charge in [-0.3, -0.25) is 19.7 Å². The van der Waals surface area contributed by atoms with Gasteiger partial charge in [0.2, 0.25) is 0 Å². The highest BCUT2D eigenvalue weighted by Gasteiger charge is 2.12. The number of amides is 2. The number of halogens is 1. The maximum Gasteiger partial charge on any atom is 0.329 e. The fraction of sp³-hybridized carbons (Fsp3) is 0. The molecule has 0 aliphatic rings. The van der Waals surface area contributed by atoms with E-state index >= 15 is 0 Å². The molecule has 0 atom stereocenters. The van der Waals surface area contributed by atoms with Crippen molar-refractivity contribution in [3.8, 4) is 0 Å². The van der Waals surface area contributed by atoms with Gasteiger partial charge in [0, 0.05) is 11.6 Å². The number of nitrogens with zero attached hydrogens (tertiary/aromatic N) is 2. The summed E-state index contributed by atoms with van der Waals surface area (Å²) in [7, 11) is 0. The van der Waals surface area contributed by atoms with Crippen LogP contribution < -0.4 is 11.2 Å². The number of benzene rings is 1. The van der Waals surface area contributed by atoms with Crippen LogP contribution in [0.25, 0.3) is 0 Å². The second-order valence-electron chi connectivity index (χ2n) is 3.03. The highest BCUT2D eigenvalue weighted by Crippen LogP contribution is 2.24. The first kappa shape index (κ1) is 13.6. The summed E-state index contributed by atoms with van der Waals surface area (Å²) < 4.78 is 0. The van der Waals surface area contributed by atoms with E-state index < -0.39 is 16.7 Å². The lowest BCUT2D eigenvalue weighted by atomic mass is 10.2. The van der Waals surface area contributed by atoms with Gasteiger partial charge in [0.25, 0.3) is 5.69 Å². The van der Waals surface area contributed by atoms with Gasteiger partial charge in [-0.25, -0.2) is 5.43 Å². The van der Waals surface area contributed by atoms with Gasteiger partial charge in [-0.05, 0) is 6.07 Å². The molecule has 18 heavy (non-hydrogen) atoms. The molecule has 0 spiro atoms. The van der Waals surface area contributed by atoms with E-state index in [0.717, 1.165) is 6.21 Å². The van der Waals surface area contributed by atoms with Crippen molar-refractivity contribution in [2.45, 2.75) is 0 Å². The lowest BCUT2D eigenvalue weighted by Crippen LogP contribution is -2.32. The van der Waals surface area contributed by atoms with Crippen LogP contribution in [-0.4, -0.2) is 23.0 Å². The summed E-state index contributed by atoms with van der Waals surface area (Å²) in [5, 5.41) is 14.0. The normalized spacial score (nSPS) is 10.3. The zero-order valence-corrected chi connectivity index (χ0v) is 9.55. The smallest absolute Gasteiger partial charge is 0.329 e. The van der Waals surface area contributed by atoms with E-state index in [-0.39, 0.29) is 10.7 Å². The molecule has 0 unspecified atom stereocenters. The van der Waals surface area contributed by atoms with Crippen LogP contribution in [0.2, 0.25) is 5.02 Å². The van der Waals surface area contributed by atoms with Gasteiger partial charge in [-0.2, -0.15) is 5.10 Å². The van der Waals surface area contributed by atoms with Crippen LogP contribution in [0.15, 0.2) is 23.3 Å². The van der Waals surface area contributed by atoms with Gasteiger partial charge >= 0.3 is 11.8 Å². The molecule has 0 radical (unpaired) electrons. The first-order valence-electron chi connectivity index (χ1n) is 4.48. The summed E-state index contributed by atoms with van der Waals surface area (Å²) in [5.41, 5.74) is 6.55. The number of nitrogens with one attached hydrogen (secondary N) is 1. The van der Waals surface area contributed by atoms with Crippen molar-refractivity contribution in [3.05, 3.63) is 38.9 Å². The molecule has 2 amide bonds. The molecule has 1 aromatic rings. The molecule has 1 aromatic carbocycles. The van der Waals surface area contributed by atoms with E-state index in [0.29, 0.717) is 5.56 Å². The lowest BCUT2D eigenvalue weighted by molar-refractivity contribution is -0.384. The third-order valence-electron chi connectivity index (χ3n) is 1.77. The number of hydrogen-bond donors (Lipinski definition) is 2. The number of nitro groups is 1. The van der Waals surface area contributed by atoms with Gasteiger partial charge in [-0.15, -0.1) is 0 Å². The standard InChI is InChI=1S/C9H7ClN4O4/c10-6-2-1-5(3-7(6)14(17)18)4-12-13-9(16)8(11)15/h1-4H,(H2,11,15)(H,13,16). The molecule has 94 valence electrons. The SMILES string of the molecule is NC(=O)C(=O)NN=Cc1ccc(Cl)c([N+](=O)[O-])c1. The minimum atomic E-state index is -1.19. The Morgan fingerprint density at radius 1 is 1.50 bits per heavy atom. The number of hydrogen-bond acceptors (Lipinski definition) is 5. The Morgan fingerprint density at radius 2 is 2.17 bits per heavy atom. The van der Waals surface area contributed by atoms with Crippen LogP contribution in [-0.2, 0) is 9.59 Å². The maximum absolute atomic E-state index is 10.7. The minimum absolute atomic E-state index is 0.0154. The fourth-order valence-corrected chi connectivity index (χ4v) is 1.16. The number of carbonyl (C=O) groups is 2. The molecule has 0 fully saturated rings. The monoisotopic (exact) mass is 270 g/mol. The van der Waals surface area contributed by atoms with Gasteiger partial charge in [0.15, 0.2) is 0 Å². The number of nitrogens with two attached hydrogens (primary N) is 1. The summed E-state index contributed by atoms with van der Waals surface area (Å²) in [5.74, 6) is -2.27. The molecule has 9 heteroatoms. The van der Waals surface area contributed by atoms with Crippen molar-refractivity contribution in [2.24, 2.45) is 10.8 Å². The first-order valence-corrected chi connectivity index (χ1v) is 4.86. The summed E-state index contributed by atoms with van der Waals surface area (Å²) in [4.78, 5) is 31.0. The summed E-state index contributed by atoms with van der Waals surface area (Å²) in [6, 6.07) is 3.94. The molecule has 1 rings (SSSR count). The predicted molar refractivity (Wildman–Crippen MR) is 63.0 cm³/mol. The number of nitro benzene ring substituents is 1. The van der Waals surface area contributed by atoms with Crippen molar-refractivity contribution >= 4 is 35.3 Å². The molecule has 0 bridgehead atoms. The van der Waals surface area contributed by atoms with Crippen LogP contribution in [0.3, 0.4) is 0 Å². The zero-order valence-electron chi connectivity index (χ0n) is 8.79. The molecule has 0 saturated carbocycles. The fourth-order valence-electron chi connectivity index (χ4n) is 0.970. The predicted octanol–water partition coefficient (Wildman–Crippen LogP) is 0.184. The van der Waals surface area contributed by atoms with Crippen molar-refractivity contribution in [1.82, 2.24) is 5.43 Å². The van der Waals surface area contributed by atoms with Crippen molar-refractivity contribution in [1.29, 1.82) is 0 Å². The van der Waals surface area contributed by atoms with Gasteiger partial charge in [0.05, 0.1) is 11.1 Å². The van der Waals surface area contributed by atoms with Gasteiger partial charge < -0.3 is 5.73 Å². The van der Waals surface area contributed by atoms with Crippen molar-refractivity contribution in [3.63, 3.8) is 0 Å². The van der Waals surface area contributed by atoms with Gasteiger partial charge in [0.1, 0.15) is 5.02 Å². The van der Waals surface area contributed by atoms with E-state index in [9.17, 15) is 19.7 Å². The van der Waals surface area contributed by atoms with Crippen LogP contribution >= 0.6 is 11.6 Å². The summed E-state index contributed by atoms with van der Waals surface area (Å²) >= 11 is 5.60. The molecule has 0 aromatic heterocycles. The van der Waals surface area contributed by atoms with E-state index in [2.05, 4.69) is 10.8 Å². The van der Waals surface area contributed by atoms with E-state index in [1.807, 2.05) is 5.43 Å². The topological polar surface area (TPSA) is 128 Å². The van der Waals surface area contributed by atoms with E-state index in [4.69, 9.17) is 11.6 Å². The molecule has 0 heterocycles. The number of primary amides is 1. The second-order valence-corrected chi connectivity index (χ2v) is 3.44. The Hall–Kier alpha value is -2.48. The molecule has 0 aliphatic heterocycles. The van der Waals surface area contributed by atoms with Crippen molar-refractivity contribution in [2.75, 3.05) is 0 Å². The molecular weight excluding hydrogens is 264 g/mol. The maximum atomic E-state index is 10.7. The number of carbonyl (C=O) groups excluding carboxylic acids is 2. The third-order valence-corrected chi connectivity index (χ3v) is 2.09.